The van der Waals surface area contributed by atoms with Crippen molar-refractivity contribution in [2.45, 2.75) is 26.4 Å². The third kappa shape index (κ3) is 3.51. The molecule has 7 heteroatoms. The van der Waals surface area contributed by atoms with Crippen LogP contribution in [0.5, 0.6) is 0 Å². The summed E-state index contributed by atoms with van der Waals surface area (Å²) in [5, 5.41) is 9.31. The number of nitrogens with one attached hydrogen (secondary N) is 2. The van der Waals surface area contributed by atoms with Crippen LogP contribution < -0.4 is 10.6 Å². The largest absolute Gasteiger partial charge is 0.332 e. The maximum absolute atomic E-state index is 11.7. The summed E-state index contributed by atoms with van der Waals surface area (Å²) in [5.41, 5.74) is 0. The first-order valence-electron chi connectivity index (χ1n) is 5.50. The van der Waals surface area contributed by atoms with Crippen molar-refractivity contribution in [1.29, 1.82) is 0 Å². The highest BCUT2D eigenvalue weighted by molar-refractivity contribution is 7.11. The molecule has 0 fully saturated rings. The molecule has 0 aliphatic rings. The van der Waals surface area contributed by atoms with Crippen LogP contribution in [0.25, 0.3) is 0 Å². The Kier molecular flexibility index (Phi) is 4.27. The van der Waals surface area contributed by atoms with Gasteiger partial charge >= 0.3 is 6.03 Å². The van der Waals surface area contributed by atoms with E-state index in [1.807, 2.05) is 19.2 Å². The fourth-order valence-electron chi connectivity index (χ4n) is 1.40. The van der Waals surface area contributed by atoms with Gasteiger partial charge in [-0.25, -0.2) is 14.8 Å². The molecule has 0 radical (unpaired) electrons. The van der Waals surface area contributed by atoms with Gasteiger partial charge in [0.15, 0.2) is 0 Å². The molecule has 0 unspecified atom stereocenters. The van der Waals surface area contributed by atoms with E-state index in [-0.39, 0.29) is 12.1 Å². The predicted octanol–water partition coefficient (Wildman–Crippen LogP) is 2.47. The summed E-state index contributed by atoms with van der Waals surface area (Å²) < 4.78 is 0. The van der Waals surface area contributed by atoms with E-state index in [0.717, 1.165) is 14.9 Å². The number of hydrogen-bond donors (Lipinski definition) is 2. The zero-order valence-corrected chi connectivity index (χ0v) is 11.8. The smallest absolute Gasteiger partial charge is 0.315 e. The summed E-state index contributed by atoms with van der Waals surface area (Å²) in [6.45, 7) is 4.35. The van der Waals surface area contributed by atoms with Crippen LogP contribution in [0.15, 0.2) is 17.8 Å². The molecule has 0 aromatic carbocycles. The van der Waals surface area contributed by atoms with E-state index < -0.39 is 0 Å². The Hall–Kier alpha value is -1.47. The van der Waals surface area contributed by atoms with Gasteiger partial charge in [0, 0.05) is 22.7 Å². The Labute approximate surface area is 113 Å². The van der Waals surface area contributed by atoms with E-state index in [1.54, 1.807) is 23.7 Å². The molecule has 0 saturated carbocycles. The van der Waals surface area contributed by atoms with Gasteiger partial charge in [0.05, 0.1) is 12.6 Å². The van der Waals surface area contributed by atoms with Gasteiger partial charge in [-0.1, -0.05) is 0 Å². The molecule has 2 heterocycles. The lowest BCUT2D eigenvalue weighted by Gasteiger charge is -2.11. The van der Waals surface area contributed by atoms with Gasteiger partial charge in [-0.15, -0.1) is 22.7 Å². The molecule has 2 aromatic heterocycles. The Morgan fingerprint density at radius 3 is 2.94 bits per heavy atom. The van der Waals surface area contributed by atoms with E-state index in [4.69, 9.17) is 0 Å². The van der Waals surface area contributed by atoms with Crippen LogP contribution in [0.4, 0.5) is 4.79 Å². The summed E-state index contributed by atoms with van der Waals surface area (Å²) in [7, 11) is 0. The van der Waals surface area contributed by atoms with Crippen LogP contribution in [0.2, 0.25) is 0 Å². The van der Waals surface area contributed by atoms with Gasteiger partial charge in [-0.3, -0.25) is 0 Å². The fourth-order valence-corrected chi connectivity index (χ4v) is 2.77. The second kappa shape index (κ2) is 5.92. The fraction of sp³-hybridized carbons (Fsp3) is 0.364. The van der Waals surface area contributed by atoms with Crippen molar-refractivity contribution in [2.75, 3.05) is 0 Å². The molecule has 0 spiro atoms. The lowest BCUT2D eigenvalue weighted by atomic mass is 10.4. The van der Waals surface area contributed by atoms with Crippen LogP contribution in [0.1, 0.15) is 27.9 Å². The van der Waals surface area contributed by atoms with Gasteiger partial charge in [0.1, 0.15) is 10.0 Å². The summed E-state index contributed by atoms with van der Waals surface area (Å²) in [6, 6.07) is -0.284. The standard InChI is InChI=1S/C11H14N4OS2/c1-7-5-13-9(18-7)6-14-11(16)15-8(2)10-12-3-4-17-10/h3-5,8H,6H2,1-2H3,(H2,14,15,16)/t8-/m0/s1. The van der Waals surface area contributed by atoms with E-state index >= 15 is 0 Å². The molecular formula is C11H14N4OS2. The number of aromatic nitrogens is 2. The maximum Gasteiger partial charge on any atom is 0.315 e. The van der Waals surface area contributed by atoms with Gasteiger partial charge in [0.25, 0.3) is 0 Å². The van der Waals surface area contributed by atoms with Gasteiger partial charge in [-0.05, 0) is 13.8 Å². The molecule has 0 bridgehead atoms. The van der Waals surface area contributed by atoms with Crippen molar-refractivity contribution in [3.63, 3.8) is 0 Å². The Bertz CT molecular complexity index is 509. The summed E-state index contributed by atoms with van der Waals surface area (Å²) in [5.74, 6) is 0. The van der Waals surface area contributed by atoms with Crippen molar-refractivity contribution >= 4 is 28.7 Å². The quantitative estimate of drug-likeness (QED) is 0.905. The number of aryl methyl sites for hydroxylation is 1. The molecule has 2 rings (SSSR count). The number of hydrogen-bond acceptors (Lipinski definition) is 5. The predicted molar refractivity (Wildman–Crippen MR) is 72.8 cm³/mol. The number of rotatable bonds is 4. The first kappa shape index (κ1) is 13.0. The van der Waals surface area contributed by atoms with E-state index in [1.165, 1.54) is 11.3 Å². The minimum atomic E-state index is -0.203. The molecule has 0 aliphatic heterocycles. The van der Waals surface area contributed by atoms with Crippen molar-refractivity contribution in [1.82, 2.24) is 20.6 Å². The normalized spacial score (nSPS) is 12.1. The molecule has 2 aromatic rings. The molecule has 5 nitrogen and oxygen atoms in total. The number of nitrogens with zero attached hydrogens (tertiary/aromatic N) is 2. The summed E-state index contributed by atoms with van der Waals surface area (Å²) >= 11 is 3.11. The van der Waals surface area contributed by atoms with E-state index in [0.29, 0.717) is 6.54 Å². The van der Waals surface area contributed by atoms with Gasteiger partial charge in [0.2, 0.25) is 0 Å². The second-order valence-electron chi connectivity index (χ2n) is 3.78. The summed E-state index contributed by atoms with van der Waals surface area (Å²) in [6.07, 6.45) is 3.53. The second-order valence-corrected chi connectivity index (χ2v) is 6.03. The average molecular weight is 282 g/mol. The highest BCUT2D eigenvalue weighted by Crippen LogP contribution is 2.14. The van der Waals surface area contributed by atoms with Gasteiger partial charge < -0.3 is 10.6 Å². The van der Waals surface area contributed by atoms with E-state index in [9.17, 15) is 4.79 Å². The molecule has 0 saturated heterocycles. The van der Waals surface area contributed by atoms with Crippen LogP contribution in [0, 0.1) is 6.92 Å². The Morgan fingerprint density at radius 2 is 2.33 bits per heavy atom. The maximum atomic E-state index is 11.7. The monoisotopic (exact) mass is 282 g/mol. The molecule has 1 atom stereocenters. The molecule has 2 amide bonds. The zero-order valence-electron chi connectivity index (χ0n) is 10.1. The van der Waals surface area contributed by atoms with Crippen LogP contribution in [0.3, 0.4) is 0 Å². The van der Waals surface area contributed by atoms with Crippen molar-refractivity contribution in [3.05, 3.63) is 32.7 Å². The minimum absolute atomic E-state index is 0.0805. The van der Waals surface area contributed by atoms with Crippen LogP contribution in [-0.4, -0.2) is 16.0 Å². The Balaban J connectivity index is 1.78. The SMILES string of the molecule is Cc1cnc(CNC(=O)N[C@@H](C)c2nccs2)s1. The lowest BCUT2D eigenvalue weighted by molar-refractivity contribution is 0.237. The highest BCUT2D eigenvalue weighted by atomic mass is 32.1. The van der Waals surface area contributed by atoms with Crippen molar-refractivity contribution < 1.29 is 4.79 Å². The summed E-state index contributed by atoms with van der Waals surface area (Å²) in [4.78, 5) is 21.1. The number of carbonyl (C=O) groups excluding carboxylic acids is 1. The number of thiazole rings is 2. The molecular weight excluding hydrogens is 268 g/mol. The van der Waals surface area contributed by atoms with Crippen LogP contribution >= 0.6 is 22.7 Å². The Morgan fingerprint density at radius 1 is 1.50 bits per heavy atom. The third-order valence-electron chi connectivity index (χ3n) is 2.24. The average Bonchev–Trinajstić information content (AvgIpc) is 2.97. The van der Waals surface area contributed by atoms with Gasteiger partial charge in [-0.2, -0.15) is 0 Å². The van der Waals surface area contributed by atoms with Crippen molar-refractivity contribution in [2.24, 2.45) is 0 Å². The third-order valence-corrected chi connectivity index (χ3v) is 4.11. The first-order valence-corrected chi connectivity index (χ1v) is 7.20. The number of urea groups is 1. The number of amides is 2. The lowest BCUT2D eigenvalue weighted by Crippen LogP contribution is -2.36. The topological polar surface area (TPSA) is 66.9 Å². The molecule has 96 valence electrons. The zero-order chi connectivity index (χ0) is 13.0. The van der Waals surface area contributed by atoms with Crippen molar-refractivity contribution in [3.8, 4) is 0 Å². The van der Waals surface area contributed by atoms with Crippen LogP contribution in [-0.2, 0) is 6.54 Å². The molecule has 2 N–H and O–H groups in total. The van der Waals surface area contributed by atoms with E-state index in [2.05, 4.69) is 20.6 Å². The first-order chi connectivity index (χ1) is 8.65. The minimum Gasteiger partial charge on any atom is -0.332 e. The highest BCUT2D eigenvalue weighted by Gasteiger charge is 2.11. The molecule has 0 aliphatic carbocycles. The molecule has 18 heavy (non-hydrogen) atoms. The number of carbonyl (C=O) groups is 1.